The molecule has 2 aliphatic rings. The predicted octanol–water partition coefficient (Wildman–Crippen LogP) is 3.56. The number of aromatic nitrogens is 1. The molecule has 0 amide bonds. The Bertz CT molecular complexity index is 694. The standard InChI is InChI=1S/C20H27N3O.ClH/c1-15-11-17-13-21-8-4-16(17)12-20(15)24-19-5-9-23(10-6-19)14-18-3-2-7-22-18;/h4,8,11-13,18-19,22H,2-3,5-7,9-10,14H2,1H3;1H/t18-;/m0./s1. The molecule has 2 fully saturated rings. The molecule has 0 bridgehead atoms. The van der Waals surface area contributed by atoms with E-state index in [-0.39, 0.29) is 12.4 Å². The van der Waals surface area contributed by atoms with Gasteiger partial charge in [-0.1, -0.05) is 0 Å². The molecule has 3 heterocycles. The maximum atomic E-state index is 6.35. The van der Waals surface area contributed by atoms with Crippen LogP contribution in [0.15, 0.2) is 30.6 Å². The number of piperidine rings is 1. The zero-order valence-corrected chi connectivity index (χ0v) is 15.7. The molecule has 0 radical (unpaired) electrons. The Labute approximate surface area is 156 Å². The number of hydrogen-bond donors (Lipinski definition) is 1. The van der Waals surface area contributed by atoms with Crippen molar-refractivity contribution in [2.45, 2.75) is 44.8 Å². The highest BCUT2D eigenvalue weighted by atomic mass is 35.5. The SMILES string of the molecule is Cc1cc2cnccc2cc1OC1CCN(C[C@@H]2CCCN2)CC1.Cl. The lowest BCUT2D eigenvalue weighted by molar-refractivity contribution is 0.0955. The number of fused-ring (bicyclic) bond motifs is 1. The number of hydrogen-bond acceptors (Lipinski definition) is 4. The van der Waals surface area contributed by atoms with Crippen LogP contribution in [-0.2, 0) is 0 Å². The van der Waals surface area contributed by atoms with Crippen molar-refractivity contribution in [2.24, 2.45) is 0 Å². The van der Waals surface area contributed by atoms with E-state index >= 15 is 0 Å². The first kappa shape index (κ1) is 18.4. The molecule has 0 spiro atoms. The Hall–Kier alpha value is -1.36. The van der Waals surface area contributed by atoms with Gasteiger partial charge >= 0.3 is 0 Å². The minimum atomic E-state index is 0. The Kier molecular flexibility index (Phi) is 6.15. The van der Waals surface area contributed by atoms with Gasteiger partial charge in [0.25, 0.3) is 0 Å². The van der Waals surface area contributed by atoms with Crippen LogP contribution in [0.25, 0.3) is 10.8 Å². The molecule has 1 aromatic heterocycles. The van der Waals surface area contributed by atoms with Crippen molar-refractivity contribution in [2.75, 3.05) is 26.2 Å². The maximum Gasteiger partial charge on any atom is 0.123 e. The quantitative estimate of drug-likeness (QED) is 0.903. The molecule has 136 valence electrons. The van der Waals surface area contributed by atoms with E-state index in [0.29, 0.717) is 12.1 Å². The van der Waals surface area contributed by atoms with Crippen molar-refractivity contribution < 1.29 is 4.74 Å². The third kappa shape index (κ3) is 4.43. The van der Waals surface area contributed by atoms with E-state index in [9.17, 15) is 0 Å². The number of likely N-dealkylation sites (tertiary alicyclic amines) is 1. The molecular weight excluding hydrogens is 334 g/mol. The largest absolute Gasteiger partial charge is 0.490 e. The van der Waals surface area contributed by atoms with E-state index in [2.05, 4.69) is 40.3 Å². The van der Waals surface area contributed by atoms with Gasteiger partial charge in [0.1, 0.15) is 11.9 Å². The topological polar surface area (TPSA) is 37.4 Å². The van der Waals surface area contributed by atoms with Crippen LogP contribution < -0.4 is 10.1 Å². The molecule has 2 aromatic rings. The Morgan fingerprint density at radius 1 is 1.20 bits per heavy atom. The van der Waals surface area contributed by atoms with Crippen molar-refractivity contribution in [1.29, 1.82) is 0 Å². The minimum absolute atomic E-state index is 0. The molecular formula is C20H28ClN3O. The summed E-state index contributed by atoms with van der Waals surface area (Å²) < 4.78 is 6.35. The summed E-state index contributed by atoms with van der Waals surface area (Å²) in [5, 5.41) is 5.99. The van der Waals surface area contributed by atoms with Crippen molar-refractivity contribution in [3.05, 3.63) is 36.2 Å². The van der Waals surface area contributed by atoms with Gasteiger partial charge in [0, 0.05) is 43.5 Å². The van der Waals surface area contributed by atoms with E-state index in [1.54, 1.807) is 0 Å². The average Bonchev–Trinajstić information content (AvgIpc) is 3.10. The zero-order chi connectivity index (χ0) is 16.4. The summed E-state index contributed by atoms with van der Waals surface area (Å²) in [4.78, 5) is 6.80. The highest BCUT2D eigenvalue weighted by molar-refractivity contribution is 5.85. The first-order valence-electron chi connectivity index (χ1n) is 9.25. The third-order valence-electron chi connectivity index (χ3n) is 5.40. The first-order valence-corrected chi connectivity index (χ1v) is 9.25. The molecule has 0 aliphatic carbocycles. The maximum absolute atomic E-state index is 6.35. The molecule has 1 N–H and O–H groups in total. The molecule has 0 saturated carbocycles. The van der Waals surface area contributed by atoms with Gasteiger partial charge in [-0.2, -0.15) is 0 Å². The van der Waals surface area contributed by atoms with Crippen LogP contribution in [0.4, 0.5) is 0 Å². The molecule has 2 aliphatic heterocycles. The fourth-order valence-electron chi connectivity index (χ4n) is 3.97. The summed E-state index contributed by atoms with van der Waals surface area (Å²) in [6, 6.07) is 7.11. The molecule has 1 atom stereocenters. The van der Waals surface area contributed by atoms with Crippen molar-refractivity contribution in [3.8, 4) is 5.75 Å². The number of halogens is 1. The van der Waals surface area contributed by atoms with E-state index in [4.69, 9.17) is 4.74 Å². The summed E-state index contributed by atoms with van der Waals surface area (Å²) in [7, 11) is 0. The lowest BCUT2D eigenvalue weighted by Crippen LogP contribution is -2.44. The molecule has 0 unspecified atom stereocenters. The monoisotopic (exact) mass is 361 g/mol. The third-order valence-corrected chi connectivity index (χ3v) is 5.40. The Balaban J connectivity index is 0.00000182. The lowest BCUT2D eigenvalue weighted by Gasteiger charge is -2.33. The van der Waals surface area contributed by atoms with Crippen LogP contribution in [0.5, 0.6) is 5.75 Å². The smallest absolute Gasteiger partial charge is 0.123 e. The minimum Gasteiger partial charge on any atom is -0.490 e. The van der Waals surface area contributed by atoms with Gasteiger partial charge in [0.2, 0.25) is 0 Å². The average molecular weight is 362 g/mol. The fraction of sp³-hybridized carbons (Fsp3) is 0.550. The number of rotatable bonds is 4. The highest BCUT2D eigenvalue weighted by Gasteiger charge is 2.24. The van der Waals surface area contributed by atoms with Gasteiger partial charge < -0.3 is 15.0 Å². The van der Waals surface area contributed by atoms with E-state index in [1.165, 1.54) is 42.3 Å². The van der Waals surface area contributed by atoms with Gasteiger partial charge in [-0.05, 0) is 68.3 Å². The Morgan fingerprint density at radius 2 is 2.04 bits per heavy atom. The van der Waals surface area contributed by atoms with Crippen LogP contribution in [0.2, 0.25) is 0 Å². The Morgan fingerprint density at radius 3 is 2.80 bits per heavy atom. The summed E-state index contributed by atoms with van der Waals surface area (Å²) in [6.45, 7) is 6.83. The molecule has 25 heavy (non-hydrogen) atoms. The fourth-order valence-corrected chi connectivity index (χ4v) is 3.97. The summed E-state index contributed by atoms with van der Waals surface area (Å²) in [5.41, 5.74) is 1.20. The van der Waals surface area contributed by atoms with E-state index in [1.807, 2.05) is 12.4 Å². The number of nitrogens with zero attached hydrogens (tertiary/aromatic N) is 2. The second-order valence-electron chi connectivity index (χ2n) is 7.25. The summed E-state index contributed by atoms with van der Waals surface area (Å²) in [6.07, 6.45) is 9.03. The van der Waals surface area contributed by atoms with Gasteiger partial charge in [-0.25, -0.2) is 0 Å². The number of ether oxygens (including phenoxy) is 1. The number of pyridine rings is 1. The van der Waals surface area contributed by atoms with Crippen molar-refractivity contribution >= 4 is 23.2 Å². The van der Waals surface area contributed by atoms with Crippen molar-refractivity contribution in [3.63, 3.8) is 0 Å². The summed E-state index contributed by atoms with van der Waals surface area (Å²) >= 11 is 0. The number of aryl methyl sites for hydroxylation is 1. The lowest BCUT2D eigenvalue weighted by atomic mass is 10.1. The zero-order valence-electron chi connectivity index (χ0n) is 14.9. The highest BCUT2D eigenvalue weighted by Crippen LogP contribution is 2.27. The molecule has 1 aromatic carbocycles. The number of nitrogens with one attached hydrogen (secondary N) is 1. The normalized spacial score (nSPS) is 22.0. The van der Waals surface area contributed by atoms with Gasteiger partial charge in [0.05, 0.1) is 0 Å². The second kappa shape index (κ2) is 8.35. The van der Waals surface area contributed by atoms with Crippen LogP contribution in [-0.4, -0.2) is 48.2 Å². The van der Waals surface area contributed by atoms with Gasteiger partial charge in [-0.15, -0.1) is 12.4 Å². The molecule has 2 saturated heterocycles. The molecule has 5 heteroatoms. The summed E-state index contributed by atoms with van der Waals surface area (Å²) in [5.74, 6) is 1.03. The van der Waals surface area contributed by atoms with Gasteiger partial charge in [0.15, 0.2) is 0 Å². The van der Waals surface area contributed by atoms with Crippen LogP contribution in [0.1, 0.15) is 31.2 Å². The van der Waals surface area contributed by atoms with Crippen LogP contribution >= 0.6 is 12.4 Å². The first-order chi connectivity index (χ1) is 11.8. The van der Waals surface area contributed by atoms with Gasteiger partial charge in [-0.3, -0.25) is 4.98 Å². The van der Waals surface area contributed by atoms with Crippen LogP contribution in [0.3, 0.4) is 0 Å². The van der Waals surface area contributed by atoms with Crippen molar-refractivity contribution in [1.82, 2.24) is 15.2 Å². The van der Waals surface area contributed by atoms with Crippen LogP contribution in [0, 0.1) is 6.92 Å². The molecule has 4 nitrogen and oxygen atoms in total. The second-order valence-corrected chi connectivity index (χ2v) is 7.25. The predicted molar refractivity (Wildman–Crippen MR) is 105 cm³/mol. The van der Waals surface area contributed by atoms with E-state index in [0.717, 1.165) is 31.7 Å². The van der Waals surface area contributed by atoms with E-state index < -0.39 is 0 Å². The number of benzene rings is 1. The molecule has 4 rings (SSSR count).